The van der Waals surface area contributed by atoms with Crippen molar-refractivity contribution in [1.29, 1.82) is 0 Å². The van der Waals surface area contributed by atoms with E-state index in [9.17, 15) is 0 Å². The highest BCUT2D eigenvalue weighted by atomic mass is 35.5. The summed E-state index contributed by atoms with van der Waals surface area (Å²) in [5.74, 6) is 1.57. The molecule has 6 aromatic carbocycles. The van der Waals surface area contributed by atoms with E-state index in [0.29, 0.717) is 46.4 Å². The number of ether oxygens (including phenoxy) is 2. The molecule has 0 spiro atoms. The molecule has 58 heavy (non-hydrogen) atoms. The van der Waals surface area contributed by atoms with E-state index < -0.39 is 0 Å². The van der Waals surface area contributed by atoms with Gasteiger partial charge in [0.15, 0.2) is 25.5 Å². The maximum atomic E-state index is 6.49. The minimum absolute atomic E-state index is 0.418. The molecule has 0 aliphatic carbocycles. The van der Waals surface area contributed by atoms with Crippen LogP contribution in [-0.4, -0.2) is 27.3 Å². The third-order valence-corrected chi connectivity index (χ3v) is 11.2. The quantitative estimate of drug-likeness (QED) is 0.0855. The Morgan fingerprint density at radius 1 is 0.431 bits per heavy atom. The molecule has 0 aliphatic heterocycles. The summed E-state index contributed by atoms with van der Waals surface area (Å²) in [4.78, 5) is 4.31. The number of pyridine rings is 2. The van der Waals surface area contributed by atoms with Crippen molar-refractivity contribution in [3.05, 3.63) is 189 Å². The van der Waals surface area contributed by atoms with Gasteiger partial charge in [0.25, 0.3) is 0 Å². The van der Waals surface area contributed by atoms with E-state index in [1.165, 1.54) is 0 Å². The van der Waals surface area contributed by atoms with Gasteiger partial charge in [0.2, 0.25) is 11.0 Å². The molecule has 0 atom stereocenters. The minimum Gasteiger partial charge on any atom is -0.490 e. The molecular weight excluding hydrogens is 806 g/mol. The second-order valence-electron chi connectivity index (χ2n) is 14.0. The third kappa shape index (κ3) is 8.96. The summed E-state index contributed by atoms with van der Waals surface area (Å²) in [6, 6.07) is 48.3. The lowest BCUT2D eigenvalue weighted by atomic mass is 10.1. The number of fused-ring (bicyclic) bond motifs is 2. The van der Waals surface area contributed by atoms with Crippen molar-refractivity contribution >= 4 is 91.0 Å². The largest absolute Gasteiger partial charge is 0.490 e. The molecule has 0 unspecified atom stereocenters. The van der Waals surface area contributed by atoms with Crippen molar-refractivity contribution < 1.29 is 18.6 Å². The molecule has 0 aliphatic rings. The van der Waals surface area contributed by atoms with E-state index in [0.717, 1.165) is 67.2 Å². The van der Waals surface area contributed by atoms with Gasteiger partial charge in [0, 0.05) is 81.0 Å². The zero-order valence-electron chi connectivity index (χ0n) is 32.0. The molecule has 0 bridgehead atoms. The minimum atomic E-state index is 0.418. The van der Waals surface area contributed by atoms with Gasteiger partial charge < -0.3 is 19.3 Å². The van der Waals surface area contributed by atoms with E-state index in [2.05, 4.69) is 94.0 Å². The van der Waals surface area contributed by atoms with E-state index in [-0.39, 0.29) is 0 Å². The topological polar surface area (TPSA) is 32.7 Å². The number of halogens is 4. The lowest BCUT2D eigenvalue weighted by Crippen LogP contribution is -2.35. The summed E-state index contributed by atoms with van der Waals surface area (Å²) in [6.07, 6.45) is 4.21. The van der Waals surface area contributed by atoms with Crippen LogP contribution in [-0.2, 0) is 13.1 Å². The number of nitrogens with zero attached hydrogens (tertiary/aromatic N) is 4. The summed E-state index contributed by atoms with van der Waals surface area (Å²) >= 11 is 25.3. The fourth-order valence-corrected chi connectivity index (χ4v) is 7.73. The Labute approximate surface area is 358 Å². The molecule has 10 heteroatoms. The molecule has 8 rings (SSSR count). The molecule has 8 aromatic rings. The fraction of sp³-hybridized carbons (Fsp3) is 0.125. The predicted molar refractivity (Wildman–Crippen MR) is 239 cm³/mol. The molecule has 0 N–H and O–H groups in total. The van der Waals surface area contributed by atoms with Crippen LogP contribution in [0.15, 0.2) is 158 Å². The van der Waals surface area contributed by atoms with Gasteiger partial charge >= 0.3 is 0 Å². The molecule has 0 saturated carbocycles. The van der Waals surface area contributed by atoms with E-state index in [4.69, 9.17) is 55.9 Å². The molecule has 6 nitrogen and oxygen atoms in total. The molecule has 0 amide bonds. The number of rotatable bonds is 13. The monoisotopic (exact) mass is 844 g/mol. The lowest BCUT2D eigenvalue weighted by Gasteiger charge is -2.21. The van der Waals surface area contributed by atoms with Gasteiger partial charge in [-0.3, -0.25) is 0 Å². The van der Waals surface area contributed by atoms with Crippen LogP contribution in [0.4, 0.5) is 22.7 Å². The van der Waals surface area contributed by atoms with Crippen LogP contribution in [0.25, 0.3) is 21.8 Å². The van der Waals surface area contributed by atoms with Crippen LogP contribution < -0.4 is 28.4 Å². The average Bonchev–Trinajstić information content (AvgIpc) is 3.24. The zero-order chi connectivity index (χ0) is 40.2. The van der Waals surface area contributed by atoms with Gasteiger partial charge in [-0.25, -0.2) is 0 Å². The van der Waals surface area contributed by atoms with Crippen molar-refractivity contribution in [3.63, 3.8) is 0 Å². The zero-order valence-corrected chi connectivity index (χ0v) is 35.0. The van der Waals surface area contributed by atoms with E-state index in [1.54, 1.807) is 0 Å². The molecule has 290 valence electrons. The average molecular weight is 847 g/mol. The SMILES string of the molecule is CN(c1ccc(Cl)cc1)c1cc[n+](Cc2ccc(OCCOc3ccc(C[n+]4ccc(N(C)c5ccc(Cl)cc5)c5ccc(Cl)cc54)cc3)cc2)c2cc(Cl)ccc12. The van der Waals surface area contributed by atoms with Crippen molar-refractivity contribution in [1.82, 2.24) is 0 Å². The van der Waals surface area contributed by atoms with Gasteiger partial charge in [-0.15, -0.1) is 0 Å². The van der Waals surface area contributed by atoms with Gasteiger partial charge in [-0.05, 0) is 121 Å². The van der Waals surface area contributed by atoms with Crippen molar-refractivity contribution in [2.75, 3.05) is 37.1 Å². The van der Waals surface area contributed by atoms with Crippen molar-refractivity contribution in [2.45, 2.75) is 13.1 Å². The predicted octanol–water partition coefficient (Wildman–Crippen LogP) is 12.3. The number of anilines is 4. The first-order chi connectivity index (χ1) is 28.2. The highest BCUT2D eigenvalue weighted by Gasteiger charge is 2.19. The maximum absolute atomic E-state index is 6.49. The summed E-state index contributed by atoms with van der Waals surface area (Å²) in [5, 5.41) is 4.99. The summed E-state index contributed by atoms with van der Waals surface area (Å²) in [7, 11) is 4.11. The number of hydrogen-bond donors (Lipinski definition) is 0. The molecule has 2 aromatic heterocycles. The highest BCUT2D eigenvalue weighted by molar-refractivity contribution is 6.32. The Hall–Kier alpha value is -5.50. The van der Waals surface area contributed by atoms with Crippen LogP contribution in [0.1, 0.15) is 11.1 Å². The van der Waals surface area contributed by atoms with Gasteiger partial charge in [0.05, 0.1) is 22.1 Å². The molecule has 0 fully saturated rings. The lowest BCUT2D eigenvalue weighted by molar-refractivity contribution is -0.662. The Bertz CT molecular complexity index is 2500. The van der Waals surface area contributed by atoms with Crippen molar-refractivity contribution in [2.24, 2.45) is 0 Å². The van der Waals surface area contributed by atoms with Gasteiger partial charge in [0.1, 0.15) is 24.7 Å². The van der Waals surface area contributed by atoms with Gasteiger partial charge in [-0.1, -0.05) is 46.4 Å². The molecular formula is C48H40Cl4N4O2+2. The molecule has 0 radical (unpaired) electrons. The molecule has 2 heterocycles. The fourth-order valence-electron chi connectivity index (χ4n) is 7.14. The number of benzene rings is 6. The van der Waals surface area contributed by atoms with Crippen molar-refractivity contribution in [3.8, 4) is 11.5 Å². The molecule has 0 saturated heterocycles. The first-order valence-corrected chi connectivity index (χ1v) is 20.4. The standard InChI is InChI=1S/C48H40Cl4N4O2/c1-53(39-13-7-35(49)8-14-39)45-23-25-55(47-29-37(51)11-21-43(45)47)31-33-3-17-41(18-4-33)57-27-28-58-42-19-5-34(6-20-42)32-56-26-24-46(44-22-12-38(52)30-48(44)56)54(2)40-15-9-36(50)10-16-40/h3-26,29-30H,27-28,31-32H2,1-2H3/q+2. The Balaban J connectivity index is 0.864. The summed E-state index contributed by atoms with van der Waals surface area (Å²) < 4.78 is 16.5. The van der Waals surface area contributed by atoms with E-state index in [1.807, 2.05) is 97.1 Å². The van der Waals surface area contributed by atoms with Crippen LogP contribution in [0.5, 0.6) is 11.5 Å². The van der Waals surface area contributed by atoms with Crippen LogP contribution in [0, 0.1) is 0 Å². The normalized spacial score (nSPS) is 11.2. The van der Waals surface area contributed by atoms with E-state index >= 15 is 0 Å². The van der Waals surface area contributed by atoms with Crippen LogP contribution in [0.2, 0.25) is 20.1 Å². The first-order valence-electron chi connectivity index (χ1n) is 18.8. The first kappa shape index (κ1) is 39.3. The smallest absolute Gasteiger partial charge is 0.216 e. The summed E-state index contributed by atoms with van der Waals surface area (Å²) in [5.41, 5.74) is 8.62. The third-order valence-electron chi connectivity index (χ3n) is 10.2. The maximum Gasteiger partial charge on any atom is 0.216 e. The number of aromatic nitrogens is 2. The van der Waals surface area contributed by atoms with Crippen LogP contribution in [0.3, 0.4) is 0 Å². The highest BCUT2D eigenvalue weighted by Crippen LogP contribution is 2.33. The van der Waals surface area contributed by atoms with Gasteiger partial charge in [-0.2, -0.15) is 9.13 Å². The second-order valence-corrected chi connectivity index (χ2v) is 15.8. The summed E-state index contributed by atoms with van der Waals surface area (Å²) in [6.45, 7) is 2.19. The number of hydrogen-bond acceptors (Lipinski definition) is 4. The van der Waals surface area contributed by atoms with Crippen LogP contribution >= 0.6 is 46.4 Å². The second kappa shape index (κ2) is 17.6. The Morgan fingerprint density at radius 3 is 1.17 bits per heavy atom. The Morgan fingerprint density at radius 2 is 0.793 bits per heavy atom. The Kier molecular flexibility index (Phi) is 11.9.